The Hall–Kier alpha value is -1.71. The molecule has 104 valence electrons. The molecule has 1 aromatic carbocycles. The number of esters is 1. The van der Waals surface area contributed by atoms with Crippen molar-refractivity contribution in [3.8, 4) is 11.5 Å². The number of benzene rings is 1. The van der Waals surface area contributed by atoms with E-state index < -0.39 is 0 Å². The standard InChI is InChI=1S/C15H20O4/c1-17-14-9-11(10-15(16)18-2)7-8-13(14)19-12-5-3-4-6-12/h7-9,12H,3-6,10H2,1-2H3. The maximum atomic E-state index is 11.3. The number of rotatable bonds is 5. The van der Waals surface area contributed by atoms with Crippen LogP contribution in [0.3, 0.4) is 0 Å². The lowest BCUT2D eigenvalue weighted by Gasteiger charge is -2.16. The van der Waals surface area contributed by atoms with Crippen molar-refractivity contribution in [2.75, 3.05) is 14.2 Å². The minimum Gasteiger partial charge on any atom is -0.493 e. The summed E-state index contributed by atoms with van der Waals surface area (Å²) in [4.78, 5) is 11.3. The average molecular weight is 264 g/mol. The van der Waals surface area contributed by atoms with E-state index in [2.05, 4.69) is 4.74 Å². The maximum absolute atomic E-state index is 11.3. The highest BCUT2D eigenvalue weighted by atomic mass is 16.5. The van der Waals surface area contributed by atoms with E-state index in [9.17, 15) is 4.79 Å². The Morgan fingerprint density at radius 3 is 2.58 bits per heavy atom. The monoisotopic (exact) mass is 264 g/mol. The summed E-state index contributed by atoms with van der Waals surface area (Å²) in [6.45, 7) is 0. The molecular weight excluding hydrogens is 244 g/mol. The lowest BCUT2D eigenvalue weighted by atomic mass is 10.1. The van der Waals surface area contributed by atoms with Gasteiger partial charge in [-0.05, 0) is 43.4 Å². The fourth-order valence-electron chi connectivity index (χ4n) is 2.34. The molecule has 19 heavy (non-hydrogen) atoms. The molecule has 1 aliphatic carbocycles. The third-order valence-corrected chi connectivity index (χ3v) is 3.40. The molecule has 0 unspecified atom stereocenters. The van der Waals surface area contributed by atoms with Crippen LogP contribution in [-0.2, 0) is 16.0 Å². The molecule has 0 radical (unpaired) electrons. The van der Waals surface area contributed by atoms with Gasteiger partial charge in [0.15, 0.2) is 11.5 Å². The molecule has 0 amide bonds. The van der Waals surface area contributed by atoms with Gasteiger partial charge in [-0.15, -0.1) is 0 Å². The Labute approximate surface area is 113 Å². The number of methoxy groups -OCH3 is 2. The summed E-state index contributed by atoms with van der Waals surface area (Å²) >= 11 is 0. The molecule has 0 spiro atoms. The number of ether oxygens (including phenoxy) is 3. The van der Waals surface area contributed by atoms with Crippen molar-refractivity contribution in [3.63, 3.8) is 0 Å². The zero-order valence-corrected chi connectivity index (χ0v) is 11.5. The first-order chi connectivity index (χ1) is 9.22. The number of carbonyl (C=O) groups excluding carboxylic acids is 1. The summed E-state index contributed by atoms with van der Waals surface area (Å²) in [5.74, 6) is 1.17. The molecule has 0 aliphatic heterocycles. The molecule has 4 heteroatoms. The summed E-state index contributed by atoms with van der Waals surface area (Å²) in [6, 6.07) is 5.58. The van der Waals surface area contributed by atoms with Crippen LogP contribution in [0.25, 0.3) is 0 Å². The third kappa shape index (κ3) is 3.63. The molecule has 0 N–H and O–H groups in total. The van der Waals surface area contributed by atoms with Crippen LogP contribution in [-0.4, -0.2) is 26.3 Å². The number of hydrogen-bond acceptors (Lipinski definition) is 4. The highest BCUT2D eigenvalue weighted by Gasteiger charge is 2.18. The summed E-state index contributed by atoms with van der Waals surface area (Å²) in [5, 5.41) is 0. The molecule has 0 atom stereocenters. The molecular formula is C15H20O4. The zero-order valence-electron chi connectivity index (χ0n) is 11.5. The van der Waals surface area contributed by atoms with E-state index in [1.807, 2.05) is 18.2 Å². The van der Waals surface area contributed by atoms with E-state index in [0.29, 0.717) is 11.9 Å². The van der Waals surface area contributed by atoms with Crippen LogP contribution in [0.2, 0.25) is 0 Å². The van der Waals surface area contributed by atoms with Crippen molar-refractivity contribution in [3.05, 3.63) is 23.8 Å². The Morgan fingerprint density at radius 1 is 1.21 bits per heavy atom. The molecule has 4 nitrogen and oxygen atoms in total. The van der Waals surface area contributed by atoms with Gasteiger partial charge in [-0.2, -0.15) is 0 Å². The minimum absolute atomic E-state index is 0.247. The summed E-state index contributed by atoms with van der Waals surface area (Å²) in [6.07, 6.45) is 5.21. The van der Waals surface area contributed by atoms with E-state index in [-0.39, 0.29) is 12.4 Å². The Balaban J connectivity index is 2.09. The quantitative estimate of drug-likeness (QED) is 0.767. The maximum Gasteiger partial charge on any atom is 0.309 e. The predicted molar refractivity (Wildman–Crippen MR) is 71.6 cm³/mol. The summed E-state index contributed by atoms with van der Waals surface area (Å²) in [7, 11) is 3.00. The van der Waals surface area contributed by atoms with E-state index in [1.165, 1.54) is 20.0 Å². The van der Waals surface area contributed by atoms with Crippen LogP contribution >= 0.6 is 0 Å². The second-order valence-corrected chi connectivity index (χ2v) is 4.76. The highest BCUT2D eigenvalue weighted by molar-refractivity contribution is 5.72. The van der Waals surface area contributed by atoms with Gasteiger partial charge in [0.1, 0.15) is 0 Å². The lowest BCUT2D eigenvalue weighted by molar-refractivity contribution is -0.139. The Bertz CT molecular complexity index is 436. The summed E-state index contributed by atoms with van der Waals surface area (Å²) in [5.41, 5.74) is 0.863. The molecule has 2 rings (SSSR count). The first kappa shape index (κ1) is 13.7. The van der Waals surface area contributed by atoms with Crippen molar-refractivity contribution in [2.45, 2.75) is 38.2 Å². The largest absolute Gasteiger partial charge is 0.493 e. The first-order valence-electron chi connectivity index (χ1n) is 6.63. The van der Waals surface area contributed by atoms with Gasteiger partial charge in [0.05, 0.1) is 26.7 Å². The normalized spacial score (nSPS) is 15.3. The van der Waals surface area contributed by atoms with Gasteiger partial charge in [-0.1, -0.05) is 6.07 Å². The number of carbonyl (C=O) groups is 1. The van der Waals surface area contributed by atoms with Crippen molar-refractivity contribution < 1.29 is 19.0 Å². The van der Waals surface area contributed by atoms with E-state index in [0.717, 1.165) is 24.2 Å². The topological polar surface area (TPSA) is 44.8 Å². The van der Waals surface area contributed by atoms with Crippen molar-refractivity contribution >= 4 is 5.97 Å². The second-order valence-electron chi connectivity index (χ2n) is 4.76. The number of hydrogen-bond donors (Lipinski definition) is 0. The van der Waals surface area contributed by atoms with Crippen LogP contribution < -0.4 is 9.47 Å². The minimum atomic E-state index is -0.258. The predicted octanol–water partition coefficient (Wildman–Crippen LogP) is 2.73. The zero-order chi connectivity index (χ0) is 13.7. The fraction of sp³-hybridized carbons (Fsp3) is 0.533. The van der Waals surface area contributed by atoms with Gasteiger partial charge in [-0.3, -0.25) is 4.79 Å². The second kappa shape index (κ2) is 6.45. The van der Waals surface area contributed by atoms with Crippen LogP contribution in [0.5, 0.6) is 11.5 Å². The molecule has 0 bridgehead atoms. The Kier molecular flexibility index (Phi) is 4.66. The van der Waals surface area contributed by atoms with E-state index in [1.54, 1.807) is 7.11 Å². The molecule has 0 saturated heterocycles. The van der Waals surface area contributed by atoms with Gasteiger partial charge in [-0.25, -0.2) is 0 Å². The molecule has 1 aliphatic rings. The fourth-order valence-corrected chi connectivity index (χ4v) is 2.34. The molecule has 0 heterocycles. The van der Waals surface area contributed by atoms with Crippen LogP contribution in [0.1, 0.15) is 31.2 Å². The highest BCUT2D eigenvalue weighted by Crippen LogP contribution is 2.32. The third-order valence-electron chi connectivity index (χ3n) is 3.40. The van der Waals surface area contributed by atoms with Gasteiger partial charge in [0, 0.05) is 0 Å². The lowest BCUT2D eigenvalue weighted by Crippen LogP contribution is -2.12. The average Bonchev–Trinajstić information content (AvgIpc) is 2.93. The smallest absolute Gasteiger partial charge is 0.309 e. The van der Waals surface area contributed by atoms with Crippen molar-refractivity contribution in [1.29, 1.82) is 0 Å². The van der Waals surface area contributed by atoms with Crippen LogP contribution in [0, 0.1) is 0 Å². The first-order valence-corrected chi connectivity index (χ1v) is 6.63. The van der Waals surface area contributed by atoms with Gasteiger partial charge < -0.3 is 14.2 Å². The van der Waals surface area contributed by atoms with Gasteiger partial charge in [0.25, 0.3) is 0 Å². The SMILES string of the molecule is COC(=O)Cc1ccc(OC2CCCC2)c(OC)c1. The van der Waals surface area contributed by atoms with Crippen molar-refractivity contribution in [2.24, 2.45) is 0 Å². The summed E-state index contributed by atoms with van der Waals surface area (Å²) < 4.78 is 15.9. The van der Waals surface area contributed by atoms with E-state index >= 15 is 0 Å². The van der Waals surface area contributed by atoms with Crippen LogP contribution in [0.4, 0.5) is 0 Å². The van der Waals surface area contributed by atoms with Crippen molar-refractivity contribution in [1.82, 2.24) is 0 Å². The Morgan fingerprint density at radius 2 is 1.95 bits per heavy atom. The van der Waals surface area contributed by atoms with Crippen LogP contribution in [0.15, 0.2) is 18.2 Å². The van der Waals surface area contributed by atoms with E-state index in [4.69, 9.17) is 9.47 Å². The molecule has 1 saturated carbocycles. The molecule has 1 fully saturated rings. The van der Waals surface area contributed by atoms with Gasteiger partial charge >= 0.3 is 5.97 Å². The van der Waals surface area contributed by atoms with Gasteiger partial charge in [0.2, 0.25) is 0 Å². The molecule has 1 aromatic rings. The molecule has 0 aromatic heterocycles.